The number of nitrogens with zero attached hydrogens (tertiary/aromatic N) is 1. The highest BCUT2D eigenvalue weighted by atomic mass is 79.9. The maximum atomic E-state index is 12.8. The lowest BCUT2D eigenvalue weighted by atomic mass is 10.0. The van der Waals surface area contributed by atoms with Crippen molar-refractivity contribution in [3.05, 3.63) is 58.1 Å². The molecular weight excluding hydrogens is 422 g/mol. The van der Waals surface area contributed by atoms with Gasteiger partial charge in [-0.2, -0.15) is 0 Å². The number of hydrogen-bond acceptors (Lipinski definition) is 4. The van der Waals surface area contributed by atoms with Crippen molar-refractivity contribution in [2.24, 2.45) is 0 Å². The summed E-state index contributed by atoms with van der Waals surface area (Å²) in [5, 5.41) is 0. The van der Waals surface area contributed by atoms with E-state index in [0.717, 1.165) is 22.9 Å². The van der Waals surface area contributed by atoms with Crippen molar-refractivity contribution in [1.82, 2.24) is 4.90 Å². The van der Waals surface area contributed by atoms with Crippen LogP contribution in [0.15, 0.2) is 46.9 Å². The quantitative estimate of drug-likeness (QED) is 0.574. The van der Waals surface area contributed by atoms with Crippen LogP contribution in [0.25, 0.3) is 0 Å². The summed E-state index contributed by atoms with van der Waals surface area (Å²) >= 11 is 3.36. The molecule has 28 heavy (non-hydrogen) atoms. The molecule has 1 atom stereocenters. The Morgan fingerprint density at radius 3 is 2.43 bits per heavy atom. The van der Waals surface area contributed by atoms with Crippen molar-refractivity contribution >= 4 is 27.6 Å². The third-order valence-corrected chi connectivity index (χ3v) is 5.63. The number of amides is 1. The van der Waals surface area contributed by atoms with Crippen LogP contribution < -0.4 is 9.47 Å². The normalized spacial score (nSPS) is 16.1. The molecule has 0 spiro atoms. The summed E-state index contributed by atoms with van der Waals surface area (Å²) in [4.78, 5) is 27.1. The zero-order valence-electron chi connectivity index (χ0n) is 16.1. The van der Waals surface area contributed by atoms with Gasteiger partial charge >= 0.3 is 0 Å². The fourth-order valence-corrected chi connectivity index (χ4v) is 3.88. The Morgan fingerprint density at radius 2 is 1.75 bits per heavy atom. The molecular formula is C22H24BrNO4. The van der Waals surface area contributed by atoms with Crippen LogP contribution in [0.3, 0.4) is 0 Å². The maximum Gasteiger partial charge on any atom is 0.223 e. The third-order valence-electron chi connectivity index (χ3n) is 5.10. The number of rotatable bonds is 7. The Balaban J connectivity index is 1.66. The summed E-state index contributed by atoms with van der Waals surface area (Å²) in [5.41, 5.74) is 1.66. The first kappa shape index (κ1) is 20.4. The first-order chi connectivity index (χ1) is 13.5. The molecule has 1 unspecified atom stereocenters. The van der Waals surface area contributed by atoms with Crippen molar-refractivity contribution in [2.45, 2.75) is 31.7 Å². The number of carbonyl (C=O) groups excluding carboxylic acids is 2. The molecule has 6 heteroatoms. The summed E-state index contributed by atoms with van der Waals surface area (Å²) in [6.07, 6.45) is 2.29. The van der Waals surface area contributed by atoms with Crippen LogP contribution in [0.1, 0.15) is 47.6 Å². The summed E-state index contributed by atoms with van der Waals surface area (Å²) in [7, 11) is 3.21. The highest BCUT2D eigenvalue weighted by Crippen LogP contribution is 2.37. The van der Waals surface area contributed by atoms with Crippen molar-refractivity contribution in [2.75, 3.05) is 20.8 Å². The fraction of sp³-hybridized carbons (Fsp3) is 0.364. The van der Waals surface area contributed by atoms with Gasteiger partial charge in [-0.15, -0.1) is 0 Å². The van der Waals surface area contributed by atoms with Crippen LogP contribution in [0.5, 0.6) is 11.5 Å². The Hall–Kier alpha value is -2.34. The lowest BCUT2D eigenvalue weighted by molar-refractivity contribution is -0.132. The molecule has 2 aromatic carbocycles. The Labute approximate surface area is 173 Å². The van der Waals surface area contributed by atoms with Crippen molar-refractivity contribution in [3.63, 3.8) is 0 Å². The predicted molar refractivity (Wildman–Crippen MR) is 111 cm³/mol. The maximum absolute atomic E-state index is 12.8. The van der Waals surface area contributed by atoms with Crippen molar-refractivity contribution < 1.29 is 19.1 Å². The van der Waals surface area contributed by atoms with Gasteiger partial charge in [-0.05, 0) is 42.7 Å². The average Bonchev–Trinajstić information content (AvgIpc) is 3.21. The lowest BCUT2D eigenvalue weighted by Crippen LogP contribution is -2.30. The van der Waals surface area contributed by atoms with E-state index in [4.69, 9.17) is 9.47 Å². The third kappa shape index (κ3) is 4.55. The highest BCUT2D eigenvalue weighted by molar-refractivity contribution is 9.10. The average molecular weight is 446 g/mol. The molecule has 5 nitrogen and oxygen atoms in total. The molecule has 148 valence electrons. The molecule has 2 aromatic rings. The molecule has 0 N–H and O–H groups in total. The van der Waals surface area contributed by atoms with Crippen LogP contribution in [0, 0.1) is 0 Å². The molecule has 0 radical (unpaired) electrons. The van der Waals surface area contributed by atoms with Gasteiger partial charge in [0.05, 0.1) is 20.3 Å². The second-order valence-corrected chi connectivity index (χ2v) is 7.71. The van der Waals surface area contributed by atoms with E-state index in [1.165, 1.54) is 0 Å². The van der Waals surface area contributed by atoms with E-state index in [1.807, 2.05) is 35.2 Å². The highest BCUT2D eigenvalue weighted by Gasteiger charge is 2.30. The van der Waals surface area contributed by atoms with Gasteiger partial charge in [0, 0.05) is 29.4 Å². The first-order valence-corrected chi connectivity index (χ1v) is 10.1. The summed E-state index contributed by atoms with van der Waals surface area (Å²) < 4.78 is 11.6. The van der Waals surface area contributed by atoms with Crippen LogP contribution >= 0.6 is 15.9 Å². The minimum atomic E-state index is -0.0114. The minimum Gasteiger partial charge on any atom is -0.493 e. The van der Waals surface area contributed by atoms with Crippen LogP contribution in [-0.4, -0.2) is 37.4 Å². The molecule has 1 saturated heterocycles. The molecule has 1 fully saturated rings. The molecule has 1 aliphatic heterocycles. The molecule has 1 amide bonds. The Kier molecular flexibility index (Phi) is 6.73. The SMILES string of the molecule is COc1ccc(C2CCCN2C(=O)CCC(=O)c2ccc(Br)cc2)cc1OC. The van der Waals surface area contributed by atoms with Gasteiger partial charge in [0.15, 0.2) is 17.3 Å². The number of likely N-dealkylation sites (tertiary alicyclic amines) is 1. The number of ether oxygens (including phenoxy) is 2. The van der Waals surface area contributed by atoms with Gasteiger partial charge in [-0.3, -0.25) is 9.59 Å². The van der Waals surface area contributed by atoms with E-state index < -0.39 is 0 Å². The Morgan fingerprint density at radius 1 is 1.04 bits per heavy atom. The van der Waals surface area contributed by atoms with Crippen LogP contribution in [0.4, 0.5) is 0 Å². The van der Waals surface area contributed by atoms with Crippen LogP contribution in [0.2, 0.25) is 0 Å². The lowest BCUT2D eigenvalue weighted by Gasteiger charge is -2.25. The van der Waals surface area contributed by atoms with E-state index >= 15 is 0 Å². The van der Waals surface area contributed by atoms with E-state index in [-0.39, 0.29) is 30.6 Å². The number of methoxy groups -OCH3 is 2. The van der Waals surface area contributed by atoms with E-state index in [0.29, 0.717) is 23.6 Å². The van der Waals surface area contributed by atoms with E-state index in [9.17, 15) is 9.59 Å². The van der Waals surface area contributed by atoms with Gasteiger partial charge in [0.25, 0.3) is 0 Å². The van der Waals surface area contributed by atoms with Gasteiger partial charge in [-0.1, -0.05) is 34.1 Å². The molecule has 1 aliphatic rings. The molecule has 0 aliphatic carbocycles. The van der Waals surface area contributed by atoms with Gasteiger partial charge < -0.3 is 14.4 Å². The second-order valence-electron chi connectivity index (χ2n) is 6.79. The monoisotopic (exact) mass is 445 g/mol. The summed E-state index contributed by atoms with van der Waals surface area (Å²) in [6, 6.07) is 13.0. The standard InChI is InChI=1S/C22H24BrNO4/c1-27-20-11-7-16(14-21(20)28-2)18-4-3-13-24(18)22(26)12-10-19(25)15-5-8-17(23)9-6-15/h5-9,11,14,18H,3-4,10,12-13H2,1-2H3. The summed E-state index contributed by atoms with van der Waals surface area (Å²) in [6.45, 7) is 0.713. The largest absolute Gasteiger partial charge is 0.493 e. The van der Waals surface area contributed by atoms with Gasteiger partial charge in [0.2, 0.25) is 5.91 Å². The second kappa shape index (κ2) is 9.24. The first-order valence-electron chi connectivity index (χ1n) is 9.33. The van der Waals surface area contributed by atoms with E-state index in [1.54, 1.807) is 26.4 Å². The van der Waals surface area contributed by atoms with Crippen LogP contribution in [-0.2, 0) is 4.79 Å². The number of ketones is 1. The molecule has 0 aromatic heterocycles. The molecule has 1 heterocycles. The topological polar surface area (TPSA) is 55.8 Å². The fourth-order valence-electron chi connectivity index (χ4n) is 3.62. The number of Topliss-reactive ketones (excluding diaryl/α,β-unsaturated/α-hetero) is 1. The zero-order valence-corrected chi connectivity index (χ0v) is 17.7. The number of halogens is 1. The number of hydrogen-bond donors (Lipinski definition) is 0. The number of carbonyl (C=O) groups is 2. The number of benzene rings is 2. The smallest absolute Gasteiger partial charge is 0.223 e. The van der Waals surface area contributed by atoms with Gasteiger partial charge in [-0.25, -0.2) is 0 Å². The zero-order chi connectivity index (χ0) is 20.1. The van der Waals surface area contributed by atoms with Crippen molar-refractivity contribution in [1.29, 1.82) is 0 Å². The van der Waals surface area contributed by atoms with E-state index in [2.05, 4.69) is 15.9 Å². The summed E-state index contributed by atoms with van der Waals surface area (Å²) in [5.74, 6) is 1.33. The minimum absolute atomic E-state index is 0.00934. The van der Waals surface area contributed by atoms with Crippen molar-refractivity contribution in [3.8, 4) is 11.5 Å². The van der Waals surface area contributed by atoms with Gasteiger partial charge in [0.1, 0.15) is 0 Å². The molecule has 0 bridgehead atoms. The molecule has 3 rings (SSSR count). The molecule has 0 saturated carbocycles. The Bertz CT molecular complexity index is 850. The predicted octanol–water partition coefficient (Wildman–Crippen LogP) is 4.79.